The molecule has 0 N–H and O–H groups in total. The first-order chi connectivity index (χ1) is 7.20. The molecule has 0 aliphatic heterocycles. The predicted molar refractivity (Wildman–Crippen MR) is 71.1 cm³/mol. The summed E-state index contributed by atoms with van der Waals surface area (Å²) in [6, 6.07) is 8.97. The maximum Gasteiger partial charge on any atom is 0.0445 e. The predicted octanol–water partition coefficient (Wildman–Crippen LogP) is 5.30. The van der Waals surface area contributed by atoms with Gasteiger partial charge < -0.3 is 0 Å². The second-order valence-corrected chi connectivity index (χ2v) is 6.32. The highest BCUT2D eigenvalue weighted by Crippen LogP contribution is 2.36. The molecule has 2 heterocycles. The molecule has 2 aromatic rings. The Morgan fingerprint density at radius 2 is 1.73 bits per heavy atom. The Kier molecular flexibility index (Phi) is 3.27. The summed E-state index contributed by atoms with van der Waals surface area (Å²) in [6.45, 7) is 6.71. The lowest BCUT2D eigenvalue weighted by Gasteiger charge is -2.03. The first-order valence-electron chi connectivity index (χ1n) is 5.37. The zero-order valence-corrected chi connectivity index (χ0v) is 11.0. The first kappa shape index (κ1) is 10.9. The minimum atomic E-state index is 0.699. The van der Waals surface area contributed by atoms with Crippen LogP contribution in [0.25, 0.3) is 9.75 Å². The van der Waals surface area contributed by atoms with Gasteiger partial charge in [0.05, 0.1) is 0 Å². The van der Waals surface area contributed by atoms with E-state index in [0.29, 0.717) is 5.92 Å². The van der Waals surface area contributed by atoms with Gasteiger partial charge in [-0.3, -0.25) is 0 Å². The molecular formula is C13H16S2. The van der Waals surface area contributed by atoms with E-state index in [1.807, 2.05) is 22.7 Å². The van der Waals surface area contributed by atoms with E-state index in [1.165, 1.54) is 25.9 Å². The molecule has 0 aliphatic carbocycles. The molecular weight excluding hydrogens is 220 g/mol. The second kappa shape index (κ2) is 4.50. The summed E-state index contributed by atoms with van der Waals surface area (Å²) in [7, 11) is 0. The van der Waals surface area contributed by atoms with Crippen molar-refractivity contribution in [2.45, 2.75) is 33.1 Å². The molecule has 0 bridgehead atoms. The van der Waals surface area contributed by atoms with E-state index in [0.717, 1.165) is 0 Å². The third-order valence-corrected chi connectivity index (χ3v) is 5.22. The molecule has 0 nitrogen and oxygen atoms in total. The van der Waals surface area contributed by atoms with E-state index in [4.69, 9.17) is 0 Å². The highest BCUT2D eigenvalue weighted by molar-refractivity contribution is 7.22. The van der Waals surface area contributed by atoms with Gasteiger partial charge in [0, 0.05) is 19.5 Å². The lowest BCUT2D eigenvalue weighted by atomic mass is 10.1. The van der Waals surface area contributed by atoms with Crippen molar-refractivity contribution in [2.24, 2.45) is 0 Å². The van der Waals surface area contributed by atoms with Gasteiger partial charge in [-0.2, -0.15) is 0 Å². The minimum absolute atomic E-state index is 0.699. The van der Waals surface area contributed by atoms with Crippen LogP contribution in [0.4, 0.5) is 0 Å². The molecule has 0 amide bonds. The van der Waals surface area contributed by atoms with Crippen LogP contribution in [0.2, 0.25) is 0 Å². The maximum absolute atomic E-state index is 2.30. The van der Waals surface area contributed by atoms with Crippen LogP contribution in [0.5, 0.6) is 0 Å². The van der Waals surface area contributed by atoms with Gasteiger partial charge in [-0.15, -0.1) is 22.7 Å². The average Bonchev–Trinajstić information content (AvgIpc) is 2.84. The zero-order valence-electron chi connectivity index (χ0n) is 9.41. The average molecular weight is 236 g/mol. The van der Waals surface area contributed by atoms with Crippen LogP contribution in [-0.2, 0) is 0 Å². The van der Waals surface area contributed by atoms with Crippen LogP contribution < -0.4 is 0 Å². The first-order valence-corrected chi connectivity index (χ1v) is 7.00. The number of hydrogen-bond acceptors (Lipinski definition) is 2. The summed E-state index contributed by atoms with van der Waals surface area (Å²) in [4.78, 5) is 5.73. The number of thiophene rings is 2. The van der Waals surface area contributed by atoms with Gasteiger partial charge in [0.2, 0.25) is 0 Å². The maximum atomic E-state index is 2.30. The molecule has 0 aliphatic rings. The smallest absolute Gasteiger partial charge is 0.0445 e. The topological polar surface area (TPSA) is 0 Å². The molecule has 2 aromatic heterocycles. The Bertz CT molecular complexity index is 437. The van der Waals surface area contributed by atoms with Crippen molar-refractivity contribution in [1.29, 1.82) is 0 Å². The molecule has 80 valence electrons. The number of rotatable bonds is 3. The standard InChI is InChI=1S/C13H16S2/c1-4-9(2)11-7-8-13(15-11)12-6-5-10(3)14-12/h5-9H,4H2,1-3H3. The van der Waals surface area contributed by atoms with E-state index < -0.39 is 0 Å². The fourth-order valence-corrected chi connectivity index (χ4v) is 3.62. The van der Waals surface area contributed by atoms with Gasteiger partial charge in [-0.25, -0.2) is 0 Å². The van der Waals surface area contributed by atoms with Gasteiger partial charge >= 0.3 is 0 Å². The number of aryl methyl sites for hydroxylation is 1. The van der Waals surface area contributed by atoms with Crippen LogP contribution in [0, 0.1) is 6.92 Å². The summed E-state index contributed by atoms with van der Waals surface area (Å²) < 4.78 is 0. The molecule has 2 heteroatoms. The van der Waals surface area contributed by atoms with E-state index in [1.54, 1.807) is 0 Å². The van der Waals surface area contributed by atoms with Crippen molar-refractivity contribution in [3.8, 4) is 9.75 Å². The summed E-state index contributed by atoms with van der Waals surface area (Å²) in [5, 5.41) is 0. The summed E-state index contributed by atoms with van der Waals surface area (Å²) >= 11 is 3.83. The third-order valence-electron chi connectivity index (χ3n) is 2.71. The summed E-state index contributed by atoms with van der Waals surface area (Å²) in [5.74, 6) is 0.699. The lowest BCUT2D eigenvalue weighted by molar-refractivity contribution is 0.748. The summed E-state index contributed by atoms with van der Waals surface area (Å²) in [5.41, 5.74) is 0. The molecule has 0 radical (unpaired) electrons. The highest BCUT2D eigenvalue weighted by Gasteiger charge is 2.08. The Morgan fingerprint density at radius 1 is 1.07 bits per heavy atom. The minimum Gasteiger partial charge on any atom is -0.140 e. The Balaban J connectivity index is 2.27. The van der Waals surface area contributed by atoms with E-state index in [9.17, 15) is 0 Å². The molecule has 0 fully saturated rings. The van der Waals surface area contributed by atoms with Crippen LogP contribution in [-0.4, -0.2) is 0 Å². The second-order valence-electron chi connectivity index (χ2n) is 3.92. The molecule has 0 aromatic carbocycles. The van der Waals surface area contributed by atoms with Crippen molar-refractivity contribution >= 4 is 22.7 Å². The highest BCUT2D eigenvalue weighted by atomic mass is 32.1. The van der Waals surface area contributed by atoms with Crippen LogP contribution in [0.15, 0.2) is 24.3 Å². The normalized spacial score (nSPS) is 13.0. The van der Waals surface area contributed by atoms with Crippen LogP contribution in [0.1, 0.15) is 35.9 Å². The van der Waals surface area contributed by atoms with Crippen LogP contribution in [0.3, 0.4) is 0 Å². The van der Waals surface area contributed by atoms with Crippen molar-refractivity contribution in [3.05, 3.63) is 34.0 Å². The molecule has 0 saturated heterocycles. The molecule has 1 unspecified atom stereocenters. The van der Waals surface area contributed by atoms with E-state index in [2.05, 4.69) is 45.0 Å². The third kappa shape index (κ3) is 2.32. The van der Waals surface area contributed by atoms with Crippen LogP contribution >= 0.6 is 22.7 Å². The van der Waals surface area contributed by atoms with Gasteiger partial charge in [-0.1, -0.05) is 13.8 Å². The molecule has 0 saturated carbocycles. The van der Waals surface area contributed by atoms with Gasteiger partial charge in [0.15, 0.2) is 0 Å². The van der Waals surface area contributed by atoms with Gasteiger partial charge in [-0.05, 0) is 43.5 Å². The lowest BCUT2D eigenvalue weighted by Crippen LogP contribution is -1.84. The molecule has 2 rings (SSSR count). The van der Waals surface area contributed by atoms with Crippen molar-refractivity contribution in [3.63, 3.8) is 0 Å². The molecule has 1 atom stereocenters. The van der Waals surface area contributed by atoms with E-state index in [-0.39, 0.29) is 0 Å². The van der Waals surface area contributed by atoms with Gasteiger partial charge in [0.1, 0.15) is 0 Å². The SMILES string of the molecule is CCC(C)c1ccc(-c2ccc(C)s2)s1. The Hall–Kier alpha value is -0.600. The molecule has 15 heavy (non-hydrogen) atoms. The van der Waals surface area contributed by atoms with Crippen molar-refractivity contribution in [1.82, 2.24) is 0 Å². The summed E-state index contributed by atoms with van der Waals surface area (Å²) in [6.07, 6.45) is 1.23. The Labute approximate surface area is 99.6 Å². The largest absolute Gasteiger partial charge is 0.140 e. The fourth-order valence-electron chi connectivity index (χ4n) is 1.52. The zero-order chi connectivity index (χ0) is 10.8. The van der Waals surface area contributed by atoms with E-state index >= 15 is 0 Å². The van der Waals surface area contributed by atoms with Crippen molar-refractivity contribution in [2.75, 3.05) is 0 Å². The fraction of sp³-hybridized carbons (Fsp3) is 0.385. The monoisotopic (exact) mass is 236 g/mol. The Morgan fingerprint density at radius 3 is 2.33 bits per heavy atom. The van der Waals surface area contributed by atoms with Gasteiger partial charge in [0.25, 0.3) is 0 Å². The van der Waals surface area contributed by atoms with Crippen molar-refractivity contribution < 1.29 is 0 Å². The number of hydrogen-bond donors (Lipinski definition) is 0. The quantitative estimate of drug-likeness (QED) is 0.678. The molecule has 0 spiro atoms.